The fraction of sp³-hybridized carbons (Fsp3) is 0.417. The van der Waals surface area contributed by atoms with Crippen molar-refractivity contribution in [3.05, 3.63) is 31.9 Å². The largest absolute Gasteiger partial charge is 0.466 e. The summed E-state index contributed by atoms with van der Waals surface area (Å²) < 4.78 is 5.62. The second kappa shape index (κ2) is 7.27. The van der Waals surface area contributed by atoms with Crippen LogP contribution in [0.2, 0.25) is 0 Å². The number of hydrogen-bond acceptors (Lipinski definition) is 5. The van der Waals surface area contributed by atoms with Crippen molar-refractivity contribution in [1.29, 1.82) is 0 Å². The van der Waals surface area contributed by atoms with Crippen molar-refractivity contribution in [1.82, 2.24) is 0 Å². The zero-order valence-electron chi connectivity index (χ0n) is 10.8. The minimum absolute atomic E-state index is 0.0401. The first-order chi connectivity index (χ1) is 8.95. The maximum absolute atomic E-state index is 11.3. The van der Waals surface area contributed by atoms with Crippen LogP contribution in [0.3, 0.4) is 0 Å². The molecule has 6 nitrogen and oxygen atoms in total. The Bertz CT molecular complexity index is 479. The van der Waals surface area contributed by atoms with Gasteiger partial charge in [-0.2, -0.15) is 0 Å². The highest BCUT2D eigenvalue weighted by Crippen LogP contribution is 2.29. The van der Waals surface area contributed by atoms with E-state index in [1.54, 1.807) is 31.0 Å². The summed E-state index contributed by atoms with van der Waals surface area (Å²) in [6, 6.07) is 4.99. The molecule has 19 heavy (non-hydrogen) atoms. The molecule has 104 valence electrons. The van der Waals surface area contributed by atoms with E-state index in [0.29, 0.717) is 18.8 Å². The van der Waals surface area contributed by atoms with E-state index in [1.807, 2.05) is 22.6 Å². The average Bonchev–Trinajstić information content (AvgIpc) is 2.36. The molecule has 0 N–H and O–H groups in total. The molecule has 0 aliphatic heterocycles. The first-order valence-corrected chi connectivity index (χ1v) is 6.84. The second-order valence-electron chi connectivity index (χ2n) is 3.87. The van der Waals surface area contributed by atoms with Gasteiger partial charge in [-0.1, -0.05) is 0 Å². The molecule has 0 bridgehead atoms. The average molecular weight is 378 g/mol. The molecule has 0 aliphatic carbocycles. The summed E-state index contributed by atoms with van der Waals surface area (Å²) >= 11 is 2.02. The van der Waals surface area contributed by atoms with Gasteiger partial charge in [-0.3, -0.25) is 14.9 Å². The molecule has 0 unspecified atom stereocenters. The van der Waals surface area contributed by atoms with E-state index >= 15 is 0 Å². The van der Waals surface area contributed by atoms with E-state index in [0.717, 1.165) is 3.57 Å². The predicted octanol–water partition coefficient (Wildman–Crippen LogP) is 2.59. The normalized spacial score (nSPS) is 10.1. The van der Waals surface area contributed by atoms with E-state index in [1.165, 1.54) is 6.07 Å². The van der Waals surface area contributed by atoms with Crippen LogP contribution in [0.1, 0.15) is 13.3 Å². The van der Waals surface area contributed by atoms with Gasteiger partial charge in [-0.15, -0.1) is 0 Å². The van der Waals surface area contributed by atoms with Gasteiger partial charge in [0.1, 0.15) is 5.69 Å². The highest BCUT2D eigenvalue weighted by molar-refractivity contribution is 14.1. The van der Waals surface area contributed by atoms with Crippen LogP contribution < -0.4 is 4.90 Å². The van der Waals surface area contributed by atoms with E-state index in [-0.39, 0.29) is 18.1 Å². The Balaban J connectivity index is 2.79. The van der Waals surface area contributed by atoms with Crippen LogP contribution in [0.5, 0.6) is 0 Å². The van der Waals surface area contributed by atoms with Gasteiger partial charge in [-0.05, 0) is 41.6 Å². The van der Waals surface area contributed by atoms with Gasteiger partial charge in [-0.25, -0.2) is 0 Å². The number of anilines is 1. The zero-order chi connectivity index (χ0) is 14.4. The lowest BCUT2D eigenvalue weighted by atomic mass is 10.2. The fourth-order valence-corrected chi connectivity index (χ4v) is 2.05. The van der Waals surface area contributed by atoms with Gasteiger partial charge in [0.25, 0.3) is 5.69 Å². The lowest BCUT2D eigenvalue weighted by Crippen LogP contribution is -2.22. The SMILES string of the molecule is CCOC(=O)CCN(C)c1ccc(I)cc1[N+](=O)[O-]. The lowest BCUT2D eigenvalue weighted by molar-refractivity contribution is -0.384. The number of halogens is 1. The number of rotatable bonds is 6. The molecule has 0 heterocycles. The Morgan fingerprint density at radius 1 is 1.53 bits per heavy atom. The molecule has 0 atom stereocenters. The number of nitrogens with zero attached hydrogens (tertiary/aromatic N) is 2. The summed E-state index contributed by atoms with van der Waals surface area (Å²) in [7, 11) is 1.72. The van der Waals surface area contributed by atoms with Crippen molar-refractivity contribution in [3.8, 4) is 0 Å². The summed E-state index contributed by atoms with van der Waals surface area (Å²) in [5, 5.41) is 11.0. The quantitative estimate of drug-likeness (QED) is 0.329. The van der Waals surface area contributed by atoms with Gasteiger partial charge in [0.2, 0.25) is 0 Å². The number of nitro benzene ring substituents is 1. The third-order valence-electron chi connectivity index (χ3n) is 2.50. The van der Waals surface area contributed by atoms with Crippen molar-refractivity contribution in [2.75, 3.05) is 25.1 Å². The summed E-state index contributed by atoms with van der Waals surface area (Å²) in [4.78, 5) is 23.5. The van der Waals surface area contributed by atoms with Gasteiger partial charge in [0.15, 0.2) is 0 Å². The number of carbonyl (C=O) groups is 1. The van der Waals surface area contributed by atoms with Gasteiger partial charge < -0.3 is 9.64 Å². The van der Waals surface area contributed by atoms with Gasteiger partial charge in [0.05, 0.1) is 18.0 Å². The molecule has 7 heteroatoms. The van der Waals surface area contributed by atoms with Crippen molar-refractivity contribution in [2.45, 2.75) is 13.3 Å². The van der Waals surface area contributed by atoms with Gasteiger partial charge >= 0.3 is 5.97 Å². The third-order valence-corrected chi connectivity index (χ3v) is 3.17. The number of esters is 1. The molecule has 0 saturated carbocycles. The van der Waals surface area contributed by atoms with Crippen LogP contribution in [-0.2, 0) is 9.53 Å². The van der Waals surface area contributed by atoms with Crippen molar-refractivity contribution in [3.63, 3.8) is 0 Å². The summed E-state index contributed by atoms with van der Waals surface area (Å²) in [5.41, 5.74) is 0.535. The molecular weight excluding hydrogens is 363 g/mol. The Hall–Kier alpha value is -1.38. The van der Waals surface area contributed by atoms with Crippen LogP contribution in [0, 0.1) is 13.7 Å². The van der Waals surface area contributed by atoms with Crippen LogP contribution in [-0.4, -0.2) is 31.1 Å². The van der Waals surface area contributed by atoms with Crippen LogP contribution in [0.15, 0.2) is 18.2 Å². The minimum atomic E-state index is -0.418. The molecule has 0 aliphatic rings. The number of ether oxygens (including phenoxy) is 1. The maximum atomic E-state index is 11.3. The summed E-state index contributed by atoms with van der Waals surface area (Å²) in [6.07, 6.45) is 0.202. The molecule has 1 aromatic carbocycles. The Morgan fingerprint density at radius 2 is 2.21 bits per heavy atom. The zero-order valence-corrected chi connectivity index (χ0v) is 12.9. The maximum Gasteiger partial charge on any atom is 0.307 e. The Kier molecular flexibility index (Phi) is 6.00. The molecule has 0 radical (unpaired) electrons. The molecule has 0 saturated heterocycles. The number of hydrogen-bond donors (Lipinski definition) is 0. The fourth-order valence-electron chi connectivity index (χ4n) is 1.58. The number of carbonyl (C=O) groups excluding carboxylic acids is 1. The van der Waals surface area contributed by atoms with E-state index in [4.69, 9.17) is 4.74 Å². The first-order valence-electron chi connectivity index (χ1n) is 5.76. The highest BCUT2D eigenvalue weighted by atomic mass is 127. The topological polar surface area (TPSA) is 72.7 Å². The lowest BCUT2D eigenvalue weighted by Gasteiger charge is -2.18. The van der Waals surface area contributed by atoms with Gasteiger partial charge in [0, 0.05) is 23.2 Å². The summed E-state index contributed by atoms with van der Waals surface area (Å²) in [6.45, 7) is 2.46. The van der Waals surface area contributed by atoms with Crippen LogP contribution >= 0.6 is 22.6 Å². The molecule has 1 aromatic rings. The molecular formula is C12H15IN2O4. The number of nitro groups is 1. The molecule has 0 aromatic heterocycles. The first kappa shape index (κ1) is 15.7. The van der Waals surface area contributed by atoms with E-state index < -0.39 is 4.92 Å². The predicted molar refractivity (Wildman–Crippen MR) is 80.3 cm³/mol. The number of benzene rings is 1. The van der Waals surface area contributed by atoms with Crippen molar-refractivity contribution in [2.24, 2.45) is 0 Å². The molecule has 0 spiro atoms. The van der Waals surface area contributed by atoms with Crippen LogP contribution in [0.25, 0.3) is 0 Å². The Labute approximate surface area is 125 Å². The second-order valence-corrected chi connectivity index (χ2v) is 5.11. The molecule has 0 fully saturated rings. The van der Waals surface area contributed by atoms with Crippen LogP contribution in [0.4, 0.5) is 11.4 Å². The smallest absolute Gasteiger partial charge is 0.307 e. The van der Waals surface area contributed by atoms with Crippen molar-refractivity contribution >= 4 is 39.9 Å². The monoisotopic (exact) mass is 378 g/mol. The minimum Gasteiger partial charge on any atom is -0.466 e. The van der Waals surface area contributed by atoms with E-state index in [2.05, 4.69) is 0 Å². The molecule has 1 rings (SSSR count). The standard InChI is InChI=1S/C12H15IN2O4/c1-3-19-12(16)6-7-14(2)10-5-4-9(13)8-11(10)15(17)18/h4-5,8H,3,6-7H2,1-2H3. The molecule has 0 amide bonds. The Morgan fingerprint density at radius 3 is 2.79 bits per heavy atom. The highest BCUT2D eigenvalue weighted by Gasteiger charge is 2.18. The third kappa shape index (κ3) is 4.66. The summed E-state index contributed by atoms with van der Waals surface area (Å²) in [5.74, 6) is -0.303. The van der Waals surface area contributed by atoms with Crippen molar-refractivity contribution < 1.29 is 14.5 Å². The van der Waals surface area contributed by atoms with E-state index in [9.17, 15) is 14.9 Å².